The number of hydrogen-bond donors (Lipinski definition) is 1. The molecule has 1 aromatic carbocycles. The van der Waals surface area contributed by atoms with Gasteiger partial charge in [0.05, 0.1) is 12.7 Å². The summed E-state index contributed by atoms with van der Waals surface area (Å²) in [5.74, 6) is 0. The van der Waals surface area contributed by atoms with E-state index in [1.54, 1.807) is 0 Å². The van der Waals surface area contributed by atoms with Crippen molar-refractivity contribution in [2.24, 2.45) is 0 Å². The van der Waals surface area contributed by atoms with Gasteiger partial charge in [0.25, 0.3) is 0 Å². The Morgan fingerprint density at radius 3 is 2.44 bits per heavy atom. The third kappa shape index (κ3) is 3.53. The van der Waals surface area contributed by atoms with Gasteiger partial charge in [-0.25, -0.2) is 0 Å². The quantitative estimate of drug-likeness (QED) is 0.789. The van der Waals surface area contributed by atoms with E-state index in [0.29, 0.717) is 6.10 Å². The van der Waals surface area contributed by atoms with Crippen LogP contribution in [0.2, 0.25) is 0 Å². The molecular formula is C14H21NO. The molecule has 0 saturated heterocycles. The first-order chi connectivity index (χ1) is 7.84. The van der Waals surface area contributed by atoms with Crippen molar-refractivity contribution in [2.45, 2.75) is 44.6 Å². The molecule has 0 bridgehead atoms. The predicted molar refractivity (Wildman–Crippen MR) is 67.4 cm³/mol. The highest BCUT2D eigenvalue weighted by Crippen LogP contribution is 2.20. The fraction of sp³-hybridized carbons (Fsp3) is 0.571. The molecule has 2 rings (SSSR count). The van der Waals surface area contributed by atoms with Crippen molar-refractivity contribution in [3.05, 3.63) is 29.8 Å². The van der Waals surface area contributed by atoms with Crippen molar-refractivity contribution in [3.8, 4) is 0 Å². The van der Waals surface area contributed by atoms with Crippen LogP contribution < -0.4 is 5.73 Å². The second kappa shape index (κ2) is 5.90. The van der Waals surface area contributed by atoms with Crippen LogP contribution in [0.25, 0.3) is 0 Å². The van der Waals surface area contributed by atoms with Crippen LogP contribution >= 0.6 is 0 Å². The van der Waals surface area contributed by atoms with Gasteiger partial charge >= 0.3 is 0 Å². The van der Waals surface area contributed by atoms with Gasteiger partial charge in [0, 0.05) is 5.69 Å². The van der Waals surface area contributed by atoms with Crippen molar-refractivity contribution in [1.82, 2.24) is 0 Å². The Morgan fingerprint density at radius 1 is 1.06 bits per heavy atom. The summed E-state index contributed by atoms with van der Waals surface area (Å²) in [5, 5.41) is 0. The predicted octanol–water partition coefficient (Wildman–Crippen LogP) is 3.16. The molecule has 16 heavy (non-hydrogen) atoms. The van der Waals surface area contributed by atoms with Gasteiger partial charge in [-0.3, -0.25) is 0 Å². The Hall–Kier alpha value is -1.02. The Kier molecular flexibility index (Phi) is 4.23. The smallest absolute Gasteiger partial charge is 0.0575 e. The number of hydrogen-bond acceptors (Lipinski definition) is 2. The maximum atomic E-state index is 5.89. The van der Waals surface area contributed by atoms with Crippen LogP contribution in [0.3, 0.4) is 0 Å². The summed E-state index contributed by atoms with van der Waals surface area (Å²) in [4.78, 5) is 0. The van der Waals surface area contributed by atoms with Crippen molar-refractivity contribution in [2.75, 3.05) is 12.3 Å². The Bertz CT molecular complexity index is 301. The molecule has 0 spiro atoms. The van der Waals surface area contributed by atoms with Crippen LogP contribution in [-0.4, -0.2) is 12.7 Å². The standard InChI is InChI=1S/C14H21NO/c15-13-8-6-12(7-9-13)10-11-16-14-4-2-1-3-5-14/h6-9,14H,1-5,10-11,15H2. The molecule has 2 heteroatoms. The van der Waals surface area contributed by atoms with Crippen molar-refractivity contribution < 1.29 is 4.74 Å². The molecule has 0 aliphatic heterocycles. The van der Waals surface area contributed by atoms with E-state index in [9.17, 15) is 0 Å². The molecule has 1 saturated carbocycles. The van der Waals surface area contributed by atoms with Crippen LogP contribution in [0.1, 0.15) is 37.7 Å². The molecule has 0 radical (unpaired) electrons. The van der Waals surface area contributed by atoms with E-state index < -0.39 is 0 Å². The van der Waals surface area contributed by atoms with Crippen molar-refractivity contribution in [3.63, 3.8) is 0 Å². The first-order valence-corrected chi connectivity index (χ1v) is 6.30. The van der Waals surface area contributed by atoms with E-state index in [4.69, 9.17) is 10.5 Å². The number of anilines is 1. The molecule has 0 aromatic heterocycles. The van der Waals surface area contributed by atoms with Gasteiger partial charge in [0.2, 0.25) is 0 Å². The number of ether oxygens (including phenoxy) is 1. The topological polar surface area (TPSA) is 35.2 Å². The SMILES string of the molecule is Nc1ccc(CCOC2CCCCC2)cc1. The van der Waals surface area contributed by atoms with E-state index >= 15 is 0 Å². The summed E-state index contributed by atoms with van der Waals surface area (Å²) in [5.41, 5.74) is 7.78. The summed E-state index contributed by atoms with van der Waals surface area (Å²) >= 11 is 0. The molecule has 1 aromatic rings. The van der Waals surface area contributed by atoms with E-state index in [1.807, 2.05) is 12.1 Å². The molecule has 88 valence electrons. The normalized spacial score (nSPS) is 17.5. The maximum Gasteiger partial charge on any atom is 0.0575 e. The van der Waals surface area contributed by atoms with E-state index in [-0.39, 0.29) is 0 Å². The molecule has 1 aliphatic carbocycles. The number of nitrogen functional groups attached to an aromatic ring is 1. The fourth-order valence-corrected chi connectivity index (χ4v) is 2.26. The van der Waals surface area contributed by atoms with Gasteiger partial charge in [-0.05, 0) is 37.0 Å². The summed E-state index contributed by atoms with van der Waals surface area (Å²) < 4.78 is 5.89. The highest BCUT2D eigenvalue weighted by atomic mass is 16.5. The zero-order chi connectivity index (χ0) is 11.2. The minimum absolute atomic E-state index is 0.516. The van der Waals surface area contributed by atoms with Crippen LogP contribution in [0, 0.1) is 0 Å². The van der Waals surface area contributed by atoms with Crippen LogP contribution in [-0.2, 0) is 11.2 Å². The second-order valence-electron chi connectivity index (χ2n) is 4.62. The average Bonchev–Trinajstić information content (AvgIpc) is 2.33. The number of rotatable bonds is 4. The first-order valence-electron chi connectivity index (χ1n) is 6.30. The highest BCUT2D eigenvalue weighted by molar-refractivity contribution is 5.39. The zero-order valence-electron chi connectivity index (χ0n) is 9.82. The summed E-state index contributed by atoms with van der Waals surface area (Å²) in [7, 11) is 0. The third-order valence-corrected chi connectivity index (χ3v) is 3.28. The second-order valence-corrected chi connectivity index (χ2v) is 4.62. The lowest BCUT2D eigenvalue weighted by atomic mass is 9.98. The van der Waals surface area contributed by atoms with Crippen molar-refractivity contribution >= 4 is 5.69 Å². The highest BCUT2D eigenvalue weighted by Gasteiger charge is 2.12. The van der Waals surface area contributed by atoms with Crippen LogP contribution in [0.15, 0.2) is 24.3 Å². The molecule has 0 unspecified atom stereocenters. The lowest BCUT2D eigenvalue weighted by Gasteiger charge is -2.21. The van der Waals surface area contributed by atoms with Gasteiger partial charge < -0.3 is 10.5 Å². The molecular weight excluding hydrogens is 198 g/mol. The monoisotopic (exact) mass is 219 g/mol. The van der Waals surface area contributed by atoms with Crippen LogP contribution in [0.4, 0.5) is 5.69 Å². The van der Waals surface area contributed by atoms with Crippen LogP contribution in [0.5, 0.6) is 0 Å². The lowest BCUT2D eigenvalue weighted by molar-refractivity contribution is 0.0303. The lowest BCUT2D eigenvalue weighted by Crippen LogP contribution is -2.17. The van der Waals surface area contributed by atoms with Gasteiger partial charge in [-0.15, -0.1) is 0 Å². The van der Waals surface area contributed by atoms with Crippen molar-refractivity contribution in [1.29, 1.82) is 0 Å². The Balaban J connectivity index is 1.69. The van der Waals surface area contributed by atoms with E-state index in [0.717, 1.165) is 18.7 Å². The summed E-state index contributed by atoms with van der Waals surface area (Å²) in [6, 6.07) is 8.07. The van der Waals surface area contributed by atoms with E-state index in [1.165, 1.54) is 37.7 Å². The largest absolute Gasteiger partial charge is 0.399 e. The molecule has 1 fully saturated rings. The molecule has 1 aliphatic rings. The zero-order valence-corrected chi connectivity index (χ0v) is 9.82. The van der Waals surface area contributed by atoms with Gasteiger partial charge in [-0.2, -0.15) is 0 Å². The minimum atomic E-state index is 0.516. The average molecular weight is 219 g/mol. The molecule has 2 nitrogen and oxygen atoms in total. The molecule has 0 atom stereocenters. The molecule has 0 heterocycles. The first kappa shape index (κ1) is 11.5. The summed E-state index contributed by atoms with van der Waals surface area (Å²) in [6.45, 7) is 0.842. The van der Waals surface area contributed by atoms with Gasteiger partial charge in [0.15, 0.2) is 0 Å². The minimum Gasteiger partial charge on any atom is -0.399 e. The number of benzene rings is 1. The number of nitrogens with two attached hydrogens (primary N) is 1. The van der Waals surface area contributed by atoms with Gasteiger partial charge in [0.1, 0.15) is 0 Å². The third-order valence-electron chi connectivity index (χ3n) is 3.28. The Morgan fingerprint density at radius 2 is 1.75 bits per heavy atom. The molecule has 0 amide bonds. The molecule has 2 N–H and O–H groups in total. The van der Waals surface area contributed by atoms with Gasteiger partial charge in [-0.1, -0.05) is 31.4 Å². The van der Waals surface area contributed by atoms with E-state index in [2.05, 4.69) is 12.1 Å². The Labute approximate surface area is 97.8 Å². The maximum absolute atomic E-state index is 5.89. The summed E-state index contributed by atoms with van der Waals surface area (Å²) in [6.07, 6.45) is 8.08. The fourth-order valence-electron chi connectivity index (χ4n) is 2.26.